The molecule has 1 heterocycles. The summed E-state index contributed by atoms with van der Waals surface area (Å²) in [7, 11) is 0. The highest BCUT2D eigenvalue weighted by atomic mass is 16.3. The maximum atomic E-state index is 12.4. The fourth-order valence-corrected chi connectivity index (χ4v) is 3.21. The first kappa shape index (κ1) is 12.4. The Labute approximate surface area is 113 Å². The number of nitrogens with zero attached hydrogens (tertiary/aromatic N) is 1. The SMILES string of the molecule is C=C1c2ccccc2C(=O)N1CC1CCCC(O)C1. The predicted molar refractivity (Wildman–Crippen MR) is 74.5 cm³/mol. The van der Waals surface area contributed by atoms with Gasteiger partial charge in [0.15, 0.2) is 0 Å². The van der Waals surface area contributed by atoms with Crippen molar-refractivity contribution in [1.29, 1.82) is 0 Å². The molecule has 0 saturated heterocycles. The van der Waals surface area contributed by atoms with E-state index in [9.17, 15) is 9.90 Å². The fraction of sp³-hybridized carbons (Fsp3) is 0.438. The molecule has 1 saturated carbocycles. The van der Waals surface area contributed by atoms with Gasteiger partial charge in [-0.05, 0) is 31.2 Å². The maximum absolute atomic E-state index is 12.4. The van der Waals surface area contributed by atoms with Gasteiger partial charge < -0.3 is 10.0 Å². The van der Waals surface area contributed by atoms with E-state index in [-0.39, 0.29) is 12.0 Å². The molecule has 1 aliphatic heterocycles. The van der Waals surface area contributed by atoms with Crippen molar-refractivity contribution in [3.8, 4) is 0 Å². The summed E-state index contributed by atoms with van der Waals surface area (Å²) in [6.07, 6.45) is 3.63. The lowest BCUT2D eigenvalue weighted by molar-refractivity contribution is 0.0728. The highest BCUT2D eigenvalue weighted by Crippen LogP contribution is 2.34. The third kappa shape index (κ3) is 2.19. The monoisotopic (exact) mass is 257 g/mol. The second-order valence-corrected chi connectivity index (χ2v) is 5.59. The Kier molecular flexibility index (Phi) is 3.15. The summed E-state index contributed by atoms with van der Waals surface area (Å²) >= 11 is 0. The highest BCUT2D eigenvalue weighted by molar-refractivity contribution is 6.08. The number of rotatable bonds is 2. The van der Waals surface area contributed by atoms with Gasteiger partial charge in [0, 0.05) is 23.4 Å². The highest BCUT2D eigenvalue weighted by Gasteiger charge is 2.33. The van der Waals surface area contributed by atoms with Crippen LogP contribution in [0.15, 0.2) is 30.8 Å². The largest absolute Gasteiger partial charge is 0.393 e. The van der Waals surface area contributed by atoms with Gasteiger partial charge in [0.05, 0.1) is 6.10 Å². The molecule has 0 radical (unpaired) electrons. The van der Waals surface area contributed by atoms with E-state index >= 15 is 0 Å². The van der Waals surface area contributed by atoms with Gasteiger partial charge in [-0.25, -0.2) is 0 Å². The average molecular weight is 257 g/mol. The van der Waals surface area contributed by atoms with Crippen LogP contribution in [0.1, 0.15) is 41.6 Å². The second-order valence-electron chi connectivity index (χ2n) is 5.59. The van der Waals surface area contributed by atoms with Crippen LogP contribution >= 0.6 is 0 Å². The number of benzene rings is 1. The number of fused-ring (bicyclic) bond motifs is 1. The van der Waals surface area contributed by atoms with Crippen LogP contribution in [-0.2, 0) is 0 Å². The molecule has 1 fully saturated rings. The minimum atomic E-state index is -0.202. The summed E-state index contributed by atoms with van der Waals surface area (Å²) in [6.45, 7) is 4.74. The molecule has 1 aliphatic carbocycles. The first-order chi connectivity index (χ1) is 9.16. The molecule has 1 N–H and O–H groups in total. The second kappa shape index (κ2) is 4.82. The van der Waals surface area contributed by atoms with Crippen LogP contribution in [0.25, 0.3) is 5.70 Å². The zero-order valence-corrected chi connectivity index (χ0v) is 11.0. The normalized spacial score (nSPS) is 26.7. The molecule has 0 bridgehead atoms. The van der Waals surface area contributed by atoms with Crippen LogP contribution in [0.5, 0.6) is 0 Å². The third-order valence-corrected chi connectivity index (χ3v) is 4.24. The number of hydrogen-bond donors (Lipinski definition) is 1. The van der Waals surface area contributed by atoms with Crippen LogP contribution in [0.2, 0.25) is 0 Å². The molecule has 1 aromatic rings. The number of carbonyl (C=O) groups is 1. The van der Waals surface area contributed by atoms with Crippen molar-refractivity contribution in [2.24, 2.45) is 5.92 Å². The maximum Gasteiger partial charge on any atom is 0.258 e. The summed E-state index contributed by atoms with van der Waals surface area (Å²) in [5.41, 5.74) is 2.51. The number of carbonyl (C=O) groups excluding carboxylic acids is 1. The zero-order valence-electron chi connectivity index (χ0n) is 11.0. The summed E-state index contributed by atoms with van der Waals surface area (Å²) in [5, 5.41) is 9.73. The Hall–Kier alpha value is -1.61. The first-order valence-corrected chi connectivity index (χ1v) is 6.95. The Morgan fingerprint density at radius 3 is 2.68 bits per heavy atom. The summed E-state index contributed by atoms with van der Waals surface area (Å²) in [5.74, 6) is 0.444. The van der Waals surface area contributed by atoms with Crippen LogP contribution in [0.3, 0.4) is 0 Å². The number of amides is 1. The Balaban J connectivity index is 1.77. The van der Waals surface area contributed by atoms with Crippen molar-refractivity contribution in [3.05, 3.63) is 42.0 Å². The quantitative estimate of drug-likeness (QED) is 0.885. The van der Waals surface area contributed by atoms with E-state index in [1.165, 1.54) is 0 Å². The molecule has 19 heavy (non-hydrogen) atoms. The first-order valence-electron chi connectivity index (χ1n) is 6.95. The van der Waals surface area contributed by atoms with Crippen molar-refractivity contribution >= 4 is 11.6 Å². The molecule has 0 aromatic heterocycles. The van der Waals surface area contributed by atoms with E-state index in [4.69, 9.17) is 0 Å². The fourth-order valence-electron chi connectivity index (χ4n) is 3.21. The average Bonchev–Trinajstić information content (AvgIpc) is 2.65. The topological polar surface area (TPSA) is 40.5 Å². The molecule has 100 valence electrons. The summed E-state index contributed by atoms with van der Waals surface area (Å²) in [6, 6.07) is 7.63. The van der Waals surface area contributed by atoms with Crippen molar-refractivity contribution in [1.82, 2.24) is 4.90 Å². The third-order valence-electron chi connectivity index (χ3n) is 4.24. The van der Waals surface area contributed by atoms with E-state index in [1.807, 2.05) is 24.3 Å². The van der Waals surface area contributed by atoms with Crippen LogP contribution in [-0.4, -0.2) is 28.6 Å². The van der Waals surface area contributed by atoms with Gasteiger partial charge in [-0.1, -0.05) is 31.2 Å². The standard InChI is InChI=1S/C16H19NO2/c1-11-14-7-2-3-8-15(14)16(19)17(11)10-12-5-4-6-13(18)9-12/h2-3,7-8,12-13,18H,1,4-6,9-10H2. The Bertz CT molecular complexity index is 488. The van der Waals surface area contributed by atoms with Gasteiger partial charge in [-0.3, -0.25) is 4.79 Å². The van der Waals surface area contributed by atoms with Crippen molar-refractivity contribution in [2.45, 2.75) is 31.8 Å². The van der Waals surface area contributed by atoms with Gasteiger partial charge in [-0.15, -0.1) is 0 Å². The minimum Gasteiger partial charge on any atom is -0.393 e. The number of hydrogen-bond acceptors (Lipinski definition) is 2. The molecule has 3 rings (SSSR count). The van der Waals surface area contributed by atoms with Gasteiger partial charge in [-0.2, -0.15) is 0 Å². The minimum absolute atomic E-state index is 0.0562. The molecular weight excluding hydrogens is 238 g/mol. The molecule has 3 heteroatoms. The zero-order chi connectivity index (χ0) is 13.4. The van der Waals surface area contributed by atoms with E-state index in [0.717, 1.165) is 42.5 Å². The molecule has 2 atom stereocenters. The van der Waals surface area contributed by atoms with Crippen LogP contribution in [0.4, 0.5) is 0 Å². The number of aliphatic hydroxyl groups is 1. The van der Waals surface area contributed by atoms with Crippen LogP contribution < -0.4 is 0 Å². The van der Waals surface area contributed by atoms with Crippen molar-refractivity contribution < 1.29 is 9.90 Å². The molecule has 0 spiro atoms. The van der Waals surface area contributed by atoms with E-state index in [1.54, 1.807) is 4.90 Å². The number of aliphatic hydroxyl groups excluding tert-OH is 1. The molecule has 2 aliphatic rings. The molecule has 1 aromatic carbocycles. The lowest BCUT2D eigenvalue weighted by Gasteiger charge is -2.29. The molecule has 1 amide bonds. The summed E-state index contributed by atoms with van der Waals surface area (Å²) < 4.78 is 0. The van der Waals surface area contributed by atoms with E-state index in [2.05, 4.69) is 6.58 Å². The van der Waals surface area contributed by atoms with Crippen LogP contribution in [0, 0.1) is 5.92 Å². The van der Waals surface area contributed by atoms with Gasteiger partial charge in [0.25, 0.3) is 5.91 Å². The molecular formula is C16H19NO2. The van der Waals surface area contributed by atoms with Crippen molar-refractivity contribution in [3.63, 3.8) is 0 Å². The van der Waals surface area contributed by atoms with Gasteiger partial charge in [0.2, 0.25) is 0 Å². The Morgan fingerprint density at radius 1 is 1.26 bits per heavy atom. The smallest absolute Gasteiger partial charge is 0.258 e. The molecule has 3 nitrogen and oxygen atoms in total. The van der Waals surface area contributed by atoms with Crippen molar-refractivity contribution in [2.75, 3.05) is 6.54 Å². The lowest BCUT2D eigenvalue weighted by atomic mass is 9.87. The lowest BCUT2D eigenvalue weighted by Crippen LogP contribution is -2.32. The van der Waals surface area contributed by atoms with E-state index < -0.39 is 0 Å². The predicted octanol–water partition coefficient (Wildman–Crippen LogP) is 2.66. The Morgan fingerprint density at radius 2 is 2.00 bits per heavy atom. The summed E-state index contributed by atoms with van der Waals surface area (Å²) in [4.78, 5) is 14.2. The van der Waals surface area contributed by atoms with Gasteiger partial charge in [0.1, 0.15) is 0 Å². The van der Waals surface area contributed by atoms with E-state index in [0.29, 0.717) is 12.5 Å². The van der Waals surface area contributed by atoms with Gasteiger partial charge >= 0.3 is 0 Å². The molecule has 2 unspecified atom stereocenters.